The number of likely N-dealkylation sites (tertiary alicyclic amines) is 1. The molecule has 4 rings (SSSR count). The molecule has 2 heterocycles. The van der Waals surface area contributed by atoms with Crippen LogP contribution in [0.2, 0.25) is 0 Å². The first kappa shape index (κ1) is 31.2. The average molecular weight is 593 g/mol. The van der Waals surface area contributed by atoms with Crippen molar-refractivity contribution in [1.82, 2.24) is 4.90 Å². The van der Waals surface area contributed by atoms with Crippen molar-refractivity contribution in [2.75, 3.05) is 26.3 Å². The summed E-state index contributed by atoms with van der Waals surface area (Å²) in [5.41, 5.74) is -5.39. The van der Waals surface area contributed by atoms with Crippen molar-refractivity contribution in [2.45, 2.75) is 68.8 Å². The molecule has 0 spiro atoms. The van der Waals surface area contributed by atoms with Crippen molar-refractivity contribution in [3.05, 3.63) is 80.9 Å². The zero-order valence-corrected chi connectivity index (χ0v) is 22.2. The van der Waals surface area contributed by atoms with Gasteiger partial charge in [0.2, 0.25) is 0 Å². The van der Waals surface area contributed by atoms with Gasteiger partial charge in [-0.2, -0.15) is 26.3 Å². The molecule has 3 atom stereocenters. The normalized spacial score (nSPS) is 28.2. The number of piperidine rings is 1. The molecule has 0 radical (unpaired) electrons. The van der Waals surface area contributed by atoms with Crippen molar-refractivity contribution >= 4 is 0 Å². The number of hydrogen-bond donors (Lipinski definition) is 1. The van der Waals surface area contributed by atoms with Gasteiger partial charge in [0.15, 0.2) is 12.6 Å². The lowest BCUT2D eigenvalue weighted by Crippen LogP contribution is -2.66. The monoisotopic (exact) mass is 592 g/mol. The fraction of sp³-hybridized carbons (Fsp3) is 0.556. The van der Waals surface area contributed by atoms with E-state index in [1.54, 1.807) is 42.2 Å². The number of nitrogens with zero attached hydrogens (tertiary/aromatic N) is 2. The number of benzene rings is 2. The maximum Gasteiger partial charge on any atom is 0.416 e. The van der Waals surface area contributed by atoms with Gasteiger partial charge < -0.3 is 19.3 Å². The lowest BCUT2D eigenvalue weighted by atomic mass is 9.75. The fourth-order valence-electron chi connectivity index (χ4n) is 5.36. The van der Waals surface area contributed by atoms with E-state index in [-0.39, 0.29) is 44.2 Å². The van der Waals surface area contributed by atoms with Gasteiger partial charge in [0.25, 0.3) is 5.54 Å². The molecule has 0 saturated carbocycles. The van der Waals surface area contributed by atoms with Gasteiger partial charge in [0, 0.05) is 11.3 Å². The summed E-state index contributed by atoms with van der Waals surface area (Å²) in [6, 6.07) is 10.0. The van der Waals surface area contributed by atoms with Crippen molar-refractivity contribution < 1.29 is 50.6 Å². The minimum Gasteiger partial charge on any atom is -0.389 e. The van der Waals surface area contributed by atoms with Crippen molar-refractivity contribution in [1.29, 1.82) is 0 Å². The van der Waals surface area contributed by atoms with E-state index in [9.17, 15) is 41.6 Å². The first-order valence-electron chi connectivity index (χ1n) is 12.9. The molecule has 2 fully saturated rings. The predicted molar refractivity (Wildman–Crippen MR) is 132 cm³/mol. The van der Waals surface area contributed by atoms with Gasteiger partial charge in [-0.05, 0) is 49.6 Å². The van der Waals surface area contributed by atoms with Gasteiger partial charge in [-0.15, -0.1) is 0 Å². The van der Waals surface area contributed by atoms with Crippen LogP contribution in [0.25, 0.3) is 0 Å². The molecule has 2 aliphatic heterocycles. The molecule has 2 aromatic rings. The summed E-state index contributed by atoms with van der Waals surface area (Å²) in [4.78, 5) is 13.2. The maximum absolute atomic E-state index is 13.5. The van der Waals surface area contributed by atoms with Crippen LogP contribution in [-0.2, 0) is 32.1 Å². The van der Waals surface area contributed by atoms with Gasteiger partial charge in [-0.3, -0.25) is 15.0 Å². The summed E-state index contributed by atoms with van der Waals surface area (Å²) in [5, 5.41) is 22.1. The molecule has 14 heteroatoms. The van der Waals surface area contributed by atoms with Crippen molar-refractivity contribution in [3.63, 3.8) is 0 Å². The molecule has 0 aromatic heterocycles. The van der Waals surface area contributed by atoms with E-state index in [0.717, 1.165) is 0 Å². The van der Waals surface area contributed by atoms with E-state index in [0.29, 0.717) is 17.7 Å². The lowest BCUT2D eigenvalue weighted by molar-refractivity contribution is -0.581. The van der Waals surface area contributed by atoms with E-state index >= 15 is 0 Å². The zero-order chi connectivity index (χ0) is 30.2. The van der Waals surface area contributed by atoms with E-state index in [1.165, 1.54) is 6.92 Å². The second-order valence-electron chi connectivity index (χ2n) is 10.5. The Bertz CT molecular complexity index is 1190. The molecule has 2 aliphatic rings. The summed E-state index contributed by atoms with van der Waals surface area (Å²) in [7, 11) is 0. The van der Waals surface area contributed by atoms with Gasteiger partial charge in [-0.25, -0.2) is 0 Å². The fourth-order valence-corrected chi connectivity index (χ4v) is 5.36. The number of aliphatic hydroxyl groups is 1. The largest absolute Gasteiger partial charge is 0.416 e. The third kappa shape index (κ3) is 6.51. The van der Waals surface area contributed by atoms with Crippen molar-refractivity contribution in [3.8, 4) is 0 Å². The highest BCUT2D eigenvalue weighted by molar-refractivity contribution is 5.35. The van der Waals surface area contributed by atoms with Crippen LogP contribution < -0.4 is 0 Å². The smallest absolute Gasteiger partial charge is 0.389 e. The topological polar surface area (TPSA) is 94.3 Å². The first-order valence-corrected chi connectivity index (χ1v) is 12.9. The molecule has 2 saturated heterocycles. The van der Waals surface area contributed by atoms with Gasteiger partial charge >= 0.3 is 12.4 Å². The highest BCUT2D eigenvalue weighted by Crippen LogP contribution is 2.44. The van der Waals surface area contributed by atoms with Crippen LogP contribution >= 0.6 is 0 Å². The molecule has 0 amide bonds. The number of ether oxygens (including phenoxy) is 3. The maximum atomic E-state index is 13.5. The summed E-state index contributed by atoms with van der Waals surface area (Å²) in [6.45, 7) is 1.83. The molecule has 8 nitrogen and oxygen atoms in total. The highest BCUT2D eigenvalue weighted by Gasteiger charge is 2.56. The van der Waals surface area contributed by atoms with Crippen LogP contribution in [0.1, 0.15) is 55.0 Å². The number of halogens is 6. The summed E-state index contributed by atoms with van der Waals surface area (Å²) < 4.78 is 97.9. The molecule has 2 aromatic carbocycles. The Morgan fingerprint density at radius 1 is 1.07 bits per heavy atom. The Kier molecular flexibility index (Phi) is 8.72. The van der Waals surface area contributed by atoms with Crippen LogP contribution in [0.3, 0.4) is 0 Å². The number of nitro groups is 1. The van der Waals surface area contributed by atoms with Crippen LogP contribution in [0, 0.1) is 10.1 Å². The third-order valence-electron chi connectivity index (χ3n) is 7.80. The van der Waals surface area contributed by atoms with Crippen molar-refractivity contribution in [2.24, 2.45) is 0 Å². The summed E-state index contributed by atoms with van der Waals surface area (Å²) in [6.07, 6.45) is -12.5. The Morgan fingerprint density at radius 2 is 1.66 bits per heavy atom. The molecule has 0 unspecified atom stereocenters. The first-order chi connectivity index (χ1) is 19.1. The van der Waals surface area contributed by atoms with Gasteiger partial charge in [0.05, 0.1) is 42.5 Å². The highest BCUT2D eigenvalue weighted by atomic mass is 19.4. The standard InChI is InChI=1S/C27H30F6N2O6/c1-17(19-10-21(26(28,29)30)12-22(11-19)27(31,32)33)39-16-25(20-6-4-3-5-7-20)9-8-24(15-36,35(37)38)14-34(25)13-23-40-18(2)41-23/h3-7,10-12,17-18,23,36H,8-9,13-16H2,1-2H3/t17-,18?,23?,24+,25-/m1/s1. The Morgan fingerprint density at radius 3 is 2.15 bits per heavy atom. The van der Waals surface area contributed by atoms with E-state index in [1.807, 2.05) is 0 Å². The molecule has 41 heavy (non-hydrogen) atoms. The second-order valence-corrected chi connectivity index (χ2v) is 10.5. The number of rotatable bonds is 9. The van der Waals surface area contributed by atoms with Crippen LogP contribution in [0.15, 0.2) is 48.5 Å². The van der Waals surface area contributed by atoms with Gasteiger partial charge in [-0.1, -0.05) is 30.3 Å². The lowest BCUT2D eigenvalue weighted by Gasteiger charge is -2.52. The Labute approximate surface area is 231 Å². The van der Waals surface area contributed by atoms with E-state index in [4.69, 9.17) is 14.2 Å². The minimum absolute atomic E-state index is 0.0361. The number of alkyl halides is 6. The van der Waals surface area contributed by atoms with Crippen LogP contribution in [-0.4, -0.2) is 59.4 Å². The van der Waals surface area contributed by atoms with E-state index in [2.05, 4.69) is 0 Å². The minimum atomic E-state index is -5.02. The third-order valence-corrected chi connectivity index (χ3v) is 7.80. The molecule has 1 N–H and O–H groups in total. The van der Waals surface area contributed by atoms with Gasteiger partial charge in [0.1, 0.15) is 6.61 Å². The number of aliphatic hydroxyl groups excluding tert-OH is 1. The Balaban J connectivity index is 1.71. The average Bonchev–Trinajstić information content (AvgIpc) is 2.90. The molecule has 226 valence electrons. The van der Waals surface area contributed by atoms with Crippen LogP contribution in [0.4, 0.5) is 26.3 Å². The molecular weight excluding hydrogens is 562 g/mol. The molecule has 0 aliphatic carbocycles. The predicted octanol–water partition coefficient (Wildman–Crippen LogP) is 5.52. The Hall–Kier alpha value is -2.78. The van der Waals surface area contributed by atoms with E-state index < -0.39 is 64.8 Å². The molecule has 0 bridgehead atoms. The SMILES string of the molecule is CC1OC(CN2C[C@@](CO)([N+](=O)[O-])CC[C@@]2(CO[C@H](C)c2cc(C(F)(F)F)cc(C(F)(F)F)c2)c2ccccc2)O1. The molecular formula is C27H30F6N2O6. The van der Waals surface area contributed by atoms with Crippen LogP contribution in [0.5, 0.6) is 0 Å². The number of hydrogen-bond acceptors (Lipinski definition) is 7. The summed E-state index contributed by atoms with van der Waals surface area (Å²) >= 11 is 0. The zero-order valence-electron chi connectivity index (χ0n) is 22.2. The summed E-state index contributed by atoms with van der Waals surface area (Å²) in [5.74, 6) is 0. The second kappa shape index (κ2) is 11.5. The quantitative estimate of drug-likeness (QED) is 0.233.